The summed E-state index contributed by atoms with van der Waals surface area (Å²) in [6.45, 7) is 10.9. The van der Waals surface area contributed by atoms with Gasteiger partial charge in [0.25, 0.3) is 0 Å². The molecule has 0 aliphatic rings. The van der Waals surface area contributed by atoms with Gasteiger partial charge < -0.3 is 4.90 Å². The summed E-state index contributed by atoms with van der Waals surface area (Å²) >= 11 is 1.17. The van der Waals surface area contributed by atoms with Gasteiger partial charge in [-0.15, -0.1) is 12.4 Å². The molecule has 0 aromatic carbocycles. The second-order valence-corrected chi connectivity index (χ2v) is 4.96. The molecule has 1 radical (unpaired) electrons. The molecule has 0 aromatic rings. The fourth-order valence-corrected chi connectivity index (χ4v) is 2.09. The van der Waals surface area contributed by atoms with Gasteiger partial charge in [0.2, 0.25) is 0 Å². The predicted octanol–water partition coefficient (Wildman–Crippen LogP) is 4.89. The van der Waals surface area contributed by atoms with Gasteiger partial charge in [0, 0.05) is 0 Å². The molecule has 2 nitrogen and oxygen atoms in total. The quantitative estimate of drug-likeness (QED) is 0.378. The van der Waals surface area contributed by atoms with Crippen LogP contribution >= 0.6 is 12.4 Å². The molecule has 0 N–H and O–H groups in total. The molecule has 0 bridgehead atoms. The van der Waals surface area contributed by atoms with Crippen molar-refractivity contribution in [3.05, 3.63) is 0 Å². The Balaban J connectivity index is -0.000000304. The molecule has 19 heavy (non-hydrogen) atoms. The van der Waals surface area contributed by atoms with Crippen molar-refractivity contribution in [3.63, 3.8) is 0 Å². The van der Waals surface area contributed by atoms with Crippen LogP contribution in [0.3, 0.4) is 0 Å². The standard InChI is InChI=1S/C15H33N.Al.ClH.O/c1-4-7-10-13-16(14-11-8-5-2)15-12-9-6-3;;;/h4-15H2,1-3H3;;1H;/p+1. The summed E-state index contributed by atoms with van der Waals surface area (Å²) in [4.78, 5) is 2.70. The zero-order valence-corrected chi connectivity index (χ0v) is 15.3. The molecule has 0 fully saturated rings. The Kier molecular flexibility index (Phi) is 30.6. The third-order valence-electron chi connectivity index (χ3n) is 3.23. The fourth-order valence-electron chi connectivity index (χ4n) is 2.09. The molecular weight excluding hydrogens is 273 g/mol. The van der Waals surface area contributed by atoms with E-state index in [0.29, 0.717) is 0 Å². The van der Waals surface area contributed by atoms with Crippen LogP contribution in [0, 0.1) is 0 Å². The number of nitrogens with zero attached hydrogens (tertiary/aromatic N) is 1. The van der Waals surface area contributed by atoms with E-state index in [4.69, 9.17) is 3.80 Å². The molecule has 0 spiro atoms. The monoisotopic (exact) mass is 307 g/mol. The molecule has 0 aliphatic heterocycles. The van der Waals surface area contributed by atoms with Crippen molar-refractivity contribution < 1.29 is 5.23 Å². The zero-order valence-electron chi connectivity index (χ0n) is 14.3. The van der Waals surface area contributed by atoms with E-state index in [1.807, 2.05) is 0 Å². The van der Waals surface area contributed by atoms with Crippen LogP contribution in [0.25, 0.3) is 0 Å². The van der Waals surface area contributed by atoms with Crippen molar-refractivity contribution in [2.45, 2.75) is 78.6 Å². The predicted molar refractivity (Wildman–Crippen MR) is 89.8 cm³/mol. The molecule has 0 saturated carbocycles. The van der Waals surface area contributed by atoms with Gasteiger partial charge in [0.1, 0.15) is 0 Å². The molecule has 0 heterocycles. The first kappa shape index (κ1) is 24.6. The van der Waals surface area contributed by atoms with Crippen LogP contribution in [0.5, 0.6) is 0 Å². The Morgan fingerprint density at radius 2 is 0.947 bits per heavy atom. The average Bonchev–Trinajstić information content (AvgIpc) is 2.41. The second kappa shape index (κ2) is 23.7. The summed E-state index contributed by atoms with van der Waals surface area (Å²) in [5.74, 6) is 0. The molecular formula is C15H35AlClNO+. The van der Waals surface area contributed by atoms with Crippen LogP contribution in [0.15, 0.2) is 0 Å². The third-order valence-corrected chi connectivity index (χ3v) is 3.23. The Labute approximate surface area is 137 Å². The van der Waals surface area contributed by atoms with E-state index in [-0.39, 0.29) is 13.8 Å². The van der Waals surface area contributed by atoms with Crippen LogP contribution < -0.4 is 0 Å². The van der Waals surface area contributed by atoms with Gasteiger partial charge in [-0.05, 0) is 38.9 Å². The van der Waals surface area contributed by atoms with Crippen LogP contribution in [-0.4, -0.2) is 40.8 Å². The Morgan fingerprint density at radius 1 is 0.684 bits per heavy atom. The van der Waals surface area contributed by atoms with E-state index in [1.165, 1.54) is 93.6 Å². The van der Waals surface area contributed by atoms with Gasteiger partial charge in [0.15, 0.2) is 0 Å². The molecule has 0 unspecified atom stereocenters. The van der Waals surface area contributed by atoms with Crippen LogP contribution in [0.4, 0.5) is 0 Å². The van der Waals surface area contributed by atoms with Crippen LogP contribution in [0.1, 0.15) is 80.0 Å². The number of rotatable bonds is 12. The number of hydrogen-bond acceptors (Lipinski definition) is 2. The average molecular weight is 308 g/mol. The summed E-state index contributed by atoms with van der Waals surface area (Å²) < 4.78 is 8.17. The summed E-state index contributed by atoms with van der Waals surface area (Å²) in [6.07, 6.45) is 12.4. The minimum absolute atomic E-state index is 0. The van der Waals surface area contributed by atoms with Crippen LogP contribution in [0.2, 0.25) is 0 Å². The van der Waals surface area contributed by atoms with E-state index in [1.54, 1.807) is 0 Å². The Morgan fingerprint density at radius 3 is 1.16 bits per heavy atom. The van der Waals surface area contributed by atoms with Gasteiger partial charge >= 0.3 is 21.5 Å². The van der Waals surface area contributed by atoms with E-state index in [0.717, 1.165) is 0 Å². The van der Waals surface area contributed by atoms with Gasteiger partial charge in [-0.1, -0.05) is 59.3 Å². The van der Waals surface area contributed by atoms with Gasteiger partial charge in [-0.2, -0.15) is 0 Å². The zero-order chi connectivity index (χ0) is 14.1. The first-order chi connectivity index (χ1) is 8.85. The van der Waals surface area contributed by atoms with E-state index in [9.17, 15) is 0 Å². The number of halogens is 1. The summed E-state index contributed by atoms with van der Waals surface area (Å²) in [5, 5.41) is 0. The Hall–Kier alpha value is 0.582. The topological polar surface area (TPSA) is 20.3 Å². The van der Waals surface area contributed by atoms with Gasteiger partial charge in [0.05, 0.1) is 0 Å². The molecule has 4 heteroatoms. The first-order valence-electron chi connectivity index (χ1n) is 7.81. The minimum atomic E-state index is 0. The summed E-state index contributed by atoms with van der Waals surface area (Å²) in [7, 11) is 0. The van der Waals surface area contributed by atoms with Crippen molar-refractivity contribution in [3.8, 4) is 0 Å². The number of unbranched alkanes of at least 4 members (excludes halogenated alkanes) is 6. The molecule has 0 rings (SSSR count). The van der Waals surface area contributed by atoms with E-state index < -0.39 is 0 Å². The SMILES string of the molecule is CCCCCN(CCCCC)CCCCC.Cl.[H+].[O]=[Al]. The molecule has 0 atom stereocenters. The van der Waals surface area contributed by atoms with Crippen molar-refractivity contribution in [1.82, 2.24) is 4.90 Å². The van der Waals surface area contributed by atoms with Crippen molar-refractivity contribution >= 4 is 28.6 Å². The van der Waals surface area contributed by atoms with E-state index >= 15 is 0 Å². The van der Waals surface area contributed by atoms with Gasteiger partial charge in [-0.3, -0.25) is 0 Å². The van der Waals surface area contributed by atoms with Crippen LogP contribution in [-0.2, 0) is 3.80 Å². The fraction of sp³-hybridized carbons (Fsp3) is 1.00. The van der Waals surface area contributed by atoms with E-state index in [2.05, 4.69) is 25.7 Å². The summed E-state index contributed by atoms with van der Waals surface area (Å²) in [6, 6.07) is 0. The summed E-state index contributed by atoms with van der Waals surface area (Å²) in [5.41, 5.74) is 0. The Bertz CT molecular complexity index is 132. The molecule has 115 valence electrons. The maximum atomic E-state index is 8.17. The first-order valence-corrected chi connectivity index (χ1v) is 8.28. The second-order valence-electron chi connectivity index (χ2n) is 4.96. The molecule has 0 amide bonds. The molecule has 0 saturated heterocycles. The van der Waals surface area contributed by atoms with Crippen molar-refractivity contribution in [2.75, 3.05) is 19.6 Å². The molecule has 0 aromatic heterocycles. The molecule has 0 aliphatic carbocycles. The number of hydrogen-bond donors (Lipinski definition) is 0. The van der Waals surface area contributed by atoms with Gasteiger partial charge in [-0.25, -0.2) is 0 Å². The maximum absolute atomic E-state index is 8.17. The normalized spacial score (nSPS) is 9.63. The van der Waals surface area contributed by atoms with Crippen molar-refractivity contribution in [2.24, 2.45) is 0 Å². The third kappa shape index (κ3) is 21.0. The van der Waals surface area contributed by atoms with Crippen molar-refractivity contribution in [1.29, 1.82) is 0 Å².